The van der Waals surface area contributed by atoms with Crippen molar-refractivity contribution in [3.05, 3.63) is 59.5 Å². The van der Waals surface area contributed by atoms with Crippen LogP contribution < -0.4 is 10.1 Å². The lowest BCUT2D eigenvalue weighted by Gasteiger charge is -2.24. The number of nitrogens with one attached hydrogen (secondary N) is 1. The number of fused-ring (bicyclic) bond motifs is 2. The smallest absolute Gasteiger partial charge is 0.226 e. The predicted molar refractivity (Wildman–Crippen MR) is 101 cm³/mol. The van der Waals surface area contributed by atoms with Crippen molar-refractivity contribution in [3.8, 4) is 11.6 Å². The number of nitrogens with zero attached hydrogens (tertiary/aromatic N) is 6. The number of anilines is 1. The molecule has 3 aromatic heterocycles. The van der Waals surface area contributed by atoms with E-state index in [0.29, 0.717) is 23.7 Å². The molecule has 1 atom stereocenters. The van der Waals surface area contributed by atoms with Crippen molar-refractivity contribution in [1.82, 2.24) is 29.6 Å². The Morgan fingerprint density at radius 1 is 1.14 bits per heavy atom. The zero-order valence-electron chi connectivity index (χ0n) is 15.3. The first-order valence-corrected chi connectivity index (χ1v) is 8.85. The Balaban J connectivity index is 1.64. The van der Waals surface area contributed by atoms with Crippen molar-refractivity contribution in [2.45, 2.75) is 19.3 Å². The highest BCUT2D eigenvalue weighted by Crippen LogP contribution is 2.40. The molecule has 1 aliphatic heterocycles. The number of aryl methyl sites for hydroxylation is 1. The summed E-state index contributed by atoms with van der Waals surface area (Å²) in [5.74, 6) is 1.87. The fraction of sp³-hybridized carbons (Fsp3) is 0.211. The van der Waals surface area contributed by atoms with E-state index >= 15 is 0 Å². The van der Waals surface area contributed by atoms with E-state index < -0.39 is 0 Å². The average Bonchev–Trinajstić information content (AvgIpc) is 3.31. The summed E-state index contributed by atoms with van der Waals surface area (Å²) in [7, 11) is 1.63. The van der Waals surface area contributed by atoms with Gasteiger partial charge >= 0.3 is 0 Å². The summed E-state index contributed by atoms with van der Waals surface area (Å²) in [5.41, 5.74) is 3.53. The maximum absolute atomic E-state index is 12.5. The molecule has 0 saturated carbocycles. The maximum atomic E-state index is 12.5. The van der Waals surface area contributed by atoms with Crippen molar-refractivity contribution < 1.29 is 9.53 Å². The number of carbonyl (C=O) groups is 1. The highest BCUT2D eigenvalue weighted by atomic mass is 16.5. The zero-order valence-corrected chi connectivity index (χ0v) is 15.3. The number of aromatic nitrogens is 6. The molecule has 1 amide bonds. The lowest BCUT2D eigenvalue weighted by molar-refractivity contribution is -0.116. The number of amides is 1. The van der Waals surface area contributed by atoms with E-state index in [1.165, 1.54) is 6.33 Å². The van der Waals surface area contributed by atoms with Crippen LogP contribution in [-0.4, -0.2) is 42.6 Å². The molecule has 1 aromatic carbocycles. The van der Waals surface area contributed by atoms with Crippen LogP contribution >= 0.6 is 0 Å². The first-order chi connectivity index (χ1) is 13.6. The maximum Gasteiger partial charge on any atom is 0.226 e. The Morgan fingerprint density at radius 2 is 1.96 bits per heavy atom. The van der Waals surface area contributed by atoms with Gasteiger partial charge in [-0.25, -0.2) is 0 Å². The van der Waals surface area contributed by atoms with Crippen LogP contribution in [0.15, 0.2) is 42.7 Å². The van der Waals surface area contributed by atoms with Crippen LogP contribution in [-0.2, 0) is 4.79 Å². The molecule has 4 aromatic rings. The van der Waals surface area contributed by atoms with Gasteiger partial charge in [0.15, 0.2) is 11.5 Å². The fourth-order valence-electron chi connectivity index (χ4n) is 3.67. The van der Waals surface area contributed by atoms with E-state index in [2.05, 4.69) is 25.7 Å². The standard InChI is InChI=1S/C19H17N7O2/c1-11-18-14(12-3-5-13(28-2)6-4-12)9-17(27)21-19(18)26(23-11)16-8-7-15-22-20-10-25(15)24-16/h3-8,10,14H,9H2,1-2H3,(H,21,27)/t14-/m1/s1. The molecule has 140 valence electrons. The van der Waals surface area contributed by atoms with Gasteiger partial charge in [-0.2, -0.15) is 14.3 Å². The van der Waals surface area contributed by atoms with Crippen LogP contribution in [0.4, 0.5) is 5.82 Å². The normalized spacial score (nSPS) is 16.1. The number of hydrogen-bond acceptors (Lipinski definition) is 6. The average molecular weight is 375 g/mol. The van der Waals surface area contributed by atoms with Gasteiger partial charge in [0.25, 0.3) is 0 Å². The number of carbonyl (C=O) groups excluding carboxylic acids is 1. The number of methoxy groups -OCH3 is 1. The Hall–Kier alpha value is -3.75. The molecule has 0 aliphatic carbocycles. The van der Waals surface area contributed by atoms with Gasteiger partial charge in [0.05, 0.1) is 12.8 Å². The minimum Gasteiger partial charge on any atom is -0.497 e. The van der Waals surface area contributed by atoms with Gasteiger partial charge in [-0.05, 0) is 36.8 Å². The minimum atomic E-state index is -0.0814. The molecule has 0 spiro atoms. The summed E-state index contributed by atoms with van der Waals surface area (Å²) in [6.45, 7) is 1.95. The summed E-state index contributed by atoms with van der Waals surface area (Å²) < 4.78 is 8.48. The Morgan fingerprint density at radius 3 is 2.75 bits per heavy atom. The topological polar surface area (TPSA) is 99.2 Å². The largest absolute Gasteiger partial charge is 0.497 e. The molecule has 0 saturated heterocycles. The monoisotopic (exact) mass is 375 g/mol. The second-order valence-electron chi connectivity index (χ2n) is 6.66. The predicted octanol–water partition coefficient (Wildman–Crippen LogP) is 2.10. The quantitative estimate of drug-likeness (QED) is 0.589. The van der Waals surface area contributed by atoms with E-state index in [1.54, 1.807) is 22.4 Å². The molecule has 0 bridgehead atoms. The van der Waals surface area contributed by atoms with Gasteiger partial charge in [0.1, 0.15) is 17.9 Å². The van der Waals surface area contributed by atoms with E-state index in [-0.39, 0.29) is 11.8 Å². The molecule has 0 radical (unpaired) electrons. The molecule has 0 fully saturated rings. The molecule has 1 N–H and O–H groups in total. The van der Waals surface area contributed by atoms with Crippen LogP contribution in [0, 0.1) is 6.92 Å². The first kappa shape index (κ1) is 16.4. The molecule has 1 aliphatic rings. The van der Waals surface area contributed by atoms with Crippen LogP contribution in [0.2, 0.25) is 0 Å². The van der Waals surface area contributed by atoms with Crippen molar-refractivity contribution in [2.75, 3.05) is 12.4 Å². The minimum absolute atomic E-state index is 0.0557. The van der Waals surface area contributed by atoms with Crippen molar-refractivity contribution in [3.63, 3.8) is 0 Å². The Kier molecular flexibility index (Phi) is 3.61. The number of hydrogen-bond donors (Lipinski definition) is 1. The Bertz CT molecular complexity index is 1190. The van der Waals surface area contributed by atoms with Gasteiger partial charge in [-0.15, -0.1) is 15.3 Å². The molecular weight excluding hydrogens is 358 g/mol. The highest BCUT2D eigenvalue weighted by Gasteiger charge is 2.33. The second kappa shape index (κ2) is 6.15. The van der Waals surface area contributed by atoms with Gasteiger partial charge in [0, 0.05) is 17.9 Å². The molecule has 5 rings (SSSR count). The van der Waals surface area contributed by atoms with Crippen molar-refractivity contribution >= 4 is 17.4 Å². The third-order valence-corrected chi connectivity index (χ3v) is 4.99. The lowest BCUT2D eigenvalue weighted by atomic mass is 9.86. The summed E-state index contributed by atoms with van der Waals surface area (Å²) in [5, 5.41) is 19.9. The van der Waals surface area contributed by atoms with Gasteiger partial charge in [-0.3, -0.25) is 4.79 Å². The van der Waals surface area contributed by atoms with E-state index in [0.717, 1.165) is 22.6 Å². The molecule has 9 nitrogen and oxygen atoms in total. The number of rotatable bonds is 3. The summed E-state index contributed by atoms with van der Waals surface area (Å²) >= 11 is 0. The summed E-state index contributed by atoms with van der Waals surface area (Å²) in [6.07, 6.45) is 1.89. The van der Waals surface area contributed by atoms with Gasteiger partial charge < -0.3 is 10.1 Å². The first-order valence-electron chi connectivity index (χ1n) is 8.85. The third kappa shape index (κ3) is 2.51. The molecule has 28 heavy (non-hydrogen) atoms. The zero-order chi connectivity index (χ0) is 19.3. The number of benzene rings is 1. The number of ether oxygens (including phenoxy) is 1. The van der Waals surface area contributed by atoms with E-state index in [9.17, 15) is 4.79 Å². The second-order valence-corrected chi connectivity index (χ2v) is 6.66. The summed E-state index contributed by atoms with van der Waals surface area (Å²) in [4.78, 5) is 12.5. The van der Waals surface area contributed by atoms with Crippen LogP contribution in [0.3, 0.4) is 0 Å². The molecule has 0 unspecified atom stereocenters. The van der Waals surface area contributed by atoms with Gasteiger partial charge in [-0.1, -0.05) is 12.1 Å². The van der Waals surface area contributed by atoms with Crippen LogP contribution in [0.5, 0.6) is 5.75 Å². The fourth-order valence-corrected chi connectivity index (χ4v) is 3.67. The van der Waals surface area contributed by atoms with E-state index in [1.807, 2.05) is 37.3 Å². The van der Waals surface area contributed by atoms with Crippen LogP contribution in [0.25, 0.3) is 11.5 Å². The molecular formula is C19H17N7O2. The highest BCUT2D eigenvalue weighted by molar-refractivity contribution is 5.95. The Labute approximate surface area is 160 Å². The van der Waals surface area contributed by atoms with Crippen molar-refractivity contribution in [1.29, 1.82) is 0 Å². The molecule has 9 heteroatoms. The molecule has 4 heterocycles. The van der Waals surface area contributed by atoms with Crippen LogP contribution in [0.1, 0.15) is 29.2 Å². The van der Waals surface area contributed by atoms with E-state index in [4.69, 9.17) is 4.74 Å². The summed E-state index contributed by atoms with van der Waals surface area (Å²) in [6, 6.07) is 11.4. The lowest BCUT2D eigenvalue weighted by Crippen LogP contribution is -2.25. The SMILES string of the molecule is COc1ccc([C@H]2CC(=O)Nc3c2c(C)nn3-c2ccc3nncn3n2)cc1. The van der Waals surface area contributed by atoms with Gasteiger partial charge in [0.2, 0.25) is 5.91 Å². The van der Waals surface area contributed by atoms with Crippen molar-refractivity contribution in [2.24, 2.45) is 0 Å². The third-order valence-electron chi connectivity index (χ3n) is 4.99.